The van der Waals surface area contributed by atoms with Crippen molar-refractivity contribution < 1.29 is 34.0 Å². The van der Waals surface area contributed by atoms with Crippen molar-refractivity contribution in [2.45, 2.75) is 122 Å². The van der Waals surface area contributed by atoms with Crippen molar-refractivity contribution in [3.8, 4) is 0 Å². The molecule has 4 aliphatic rings. The van der Waals surface area contributed by atoms with E-state index in [2.05, 4.69) is 46.8 Å². The van der Waals surface area contributed by atoms with Crippen LogP contribution in [0.15, 0.2) is 47.1 Å². The third-order valence-electron chi connectivity index (χ3n) is 9.60. The van der Waals surface area contributed by atoms with Crippen LogP contribution in [0.2, 0.25) is 0 Å². The van der Waals surface area contributed by atoms with Gasteiger partial charge in [-0.15, -0.1) is 0 Å². The number of methoxy groups -OCH3 is 1. The summed E-state index contributed by atoms with van der Waals surface area (Å²) in [5.74, 6) is -1.24. The highest BCUT2D eigenvalue weighted by atomic mass is 16.7. The Kier molecular flexibility index (Phi) is 10.4. The molecule has 0 aromatic heterocycles. The molecule has 2 fully saturated rings. The number of hydrogen-bond acceptors (Lipinski definition) is 7. The van der Waals surface area contributed by atoms with Crippen LogP contribution in [-0.2, 0) is 23.7 Å². The topological polar surface area (TPSA) is 94.5 Å². The van der Waals surface area contributed by atoms with Gasteiger partial charge in [-0.3, -0.25) is 4.79 Å². The Morgan fingerprint density at radius 1 is 1.15 bits per heavy atom. The number of rotatable bonds is 3. The van der Waals surface area contributed by atoms with Gasteiger partial charge in [-0.25, -0.2) is 0 Å². The number of carbonyl (C=O) groups is 1. The summed E-state index contributed by atoms with van der Waals surface area (Å²) in [4.78, 5) is 14.0. The first-order valence-electron chi connectivity index (χ1n) is 15.5. The fraction of sp³-hybridized carbons (Fsp3) is 0.735. The maximum absolute atomic E-state index is 14.0. The van der Waals surface area contributed by atoms with Crippen LogP contribution in [0.5, 0.6) is 0 Å². The lowest BCUT2D eigenvalue weighted by Gasteiger charge is -2.50. The summed E-state index contributed by atoms with van der Waals surface area (Å²) in [7, 11) is 1.59. The number of aliphatic hydroxyl groups excluding tert-OH is 1. The Hall–Kier alpha value is -1.77. The standard InChI is InChI=1S/C34H52O7/c1-21(2)31-24(5)13-14-33(41-31)18-28-17-27(40-33)12-11-23(4)15-22(3)9-8-10-26(20-35)34(37)19-30(38-7)25(6)16-29(34)32(36)39-28/h8-11,16,21-22,24,27-31,35,37H,12-15,17-20H2,1-7H3/b9-8+,23-11+,26-10+/t22-,24+,27+,28-,29-,30-,31+,33+,34+/m0/s1. The third kappa shape index (κ3) is 7.24. The lowest BCUT2D eigenvalue weighted by Crippen LogP contribution is -2.56. The van der Waals surface area contributed by atoms with E-state index in [1.807, 2.05) is 13.0 Å². The number of allylic oxidation sites excluding steroid dienone is 4. The van der Waals surface area contributed by atoms with Crippen molar-refractivity contribution in [1.29, 1.82) is 0 Å². The number of carbonyl (C=O) groups excluding carboxylic acids is 1. The maximum atomic E-state index is 14.0. The second kappa shape index (κ2) is 13.3. The van der Waals surface area contributed by atoms with Crippen LogP contribution in [0.25, 0.3) is 0 Å². The normalized spacial score (nSPS) is 44.2. The molecule has 4 rings (SSSR count). The molecule has 7 heteroatoms. The van der Waals surface area contributed by atoms with Gasteiger partial charge in [-0.1, -0.05) is 63.6 Å². The number of aliphatic hydroxyl groups is 2. The van der Waals surface area contributed by atoms with Crippen LogP contribution >= 0.6 is 0 Å². The predicted molar refractivity (Wildman–Crippen MR) is 159 cm³/mol. The lowest BCUT2D eigenvalue weighted by atomic mass is 9.71. The molecule has 3 heterocycles. The van der Waals surface area contributed by atoms with Gasteiger partial charge in [0, 0.05) is 32.8 Å². The average molecular weight is 573 g/mol. The molecule has 0 aromatic carbocycles. The monoisotopic (exact) mass is 572 g/mol. The first kappa shape index (κ1) is 32.2. The molecule has 7 nitrogen and oxygen atoms in total. The zero-order chi connectivity index (χ0) is 29.9. The molecule has 9 atom stereocenters. The van der Waals surface area contributed by atoms with Crippen LogP contribution in [0.4, 0.5) is 0 Å². The van der Waals surface area contributed by atoms with E-state index in [0.29, 0.717) is 30.3 Å². The molecule has 1 aliphatic carbocycles. The Labute approximate surface area is 246 Å². The van der Waals surface area contributed by atoms with Crippen LogP contribution in [0, 0.1) is 23.7 Å². The summed E-state index contributed by atoms with van der Waals surface area (Å²) in [6, 6.07) is 0. The van der Waals surface area contributed by atoms with Gasteiger partial charge in [0.15, 0.2) is 5.79 Å². The average Bonchev–Trinajstić information content (AvgIpc) is 2.91. The molecular formula is C34H52O7. The number of esters is 1. The van der Waals surface area contributed by atoms with Crippen molar-refractivity contribution in [3.63, 3.8) is 0 Å². The minimum atomic E-state index is -1.64. The smallest absolute Gasteiger partial charge is 0.316 e. The molecule has 0 aromatic rings. The minimum Gasteiger partial charge on any atom is -0.462 e. The fourth-order valence-electron chi connectivity index (χ4n) is 7.29. The Balaban J connectivity index is 1.73. The largest absolute Gasteiger partial charge is 0.462 e. The van der Waals surface area contributed by atoms with E-state index in [0.717, 1.165) is 31.3 Å². The highest BCUT2D eigenvalue weighted by molar-refractivity contribution is 5.78. The van der Waals surface area contributed by atoms with Crippen LogP contribution < -0.4 is 0 Å². The van der Waals surface area contributed by atoms with Crippen molar-refractivity contribution >= 4 is 5.97 Å². The summed E-state index contributed by atoms with van der Waals surface area (Å²) in [5, 5.41) is 22.5. The highest BCUT2D eigenvalue weighted by Crippen LogP contribution is 2.45. The second-order valence-corrected chi connectivity index (χ2v) is 13.4. The maximum Gasteiger partial charge on any atom is 0.316 e. The molecule has 0 amide bonds. The van der Waals surface area contributed by atoms with E-state index in [-0.39, 0.29) is 37.3 Å². The molecule has 0 unspecified atom stereocenters. The van der Waals surface area contributed by atoms with Gasteiger partial charge in [0.25, 0.3) is 0 Å². The summed E-state index contributed by atoms with van der Waals surface area (Å²) < 4.78 is 25.4. The zero-order valence-electron chi connectivity index (χ0n) is 26.1. The molecule has 1 spiro atoms. The number of ether oxygens (including phenoxy) is 4. The molecule has 41 heavy (non-hydrogen) atoms. The van der Waals surface area contributed by atoms with E-state index in [1.54, 1.807) is 19.3 Å². The summed E-state index contributed by atoms with van der Waals surface area (Å²) >= 11 is 0. The van der Waals surface area contributed by atoms with Gasteiger partial charge >= 0.3 is 5.97 Å². The van der Waals surface area contributed by atoms with Crippen molar-refractivity contribution in [2.75, 3.05) is 13.7 Å². The van der Waals surface area contributed by atoms with E-state index in [9.17, 15) is 15.0 Å². The molecule has 230 valence electrons. The summed E-state index contributed by atoms with van der Waals surface area (Å²) in [6.45, 7) is 12.4. The van der Waals surface area contributed by atoms with Crippen molar-refractivity contribution in [1.82, 2.24) is 0 Å². The predicted octanol–water partition coefficient (Wildman–Crippen LogP) is 5.81. The fourth-order valence-corrected chi connectivity index (χ4v) is 7.29. The summed E-state index contributed by atoms with van der Waals surface area (Å²) in [6.07, 6.45) is 13.4. The molecular weight excluding hydrogens is 520 g/mol. The Bertz CT molecular complexity index is 1060. The first-order valence-corrected chi connectivity index (χ1v) is 15.5. The van der Waals surface area contributed by atoms with Gasteiger partial charge in [-0.05, 0) is 62.0 Å². The van der Waals surface area contributed by atoms with Gasteiger partial charge in [0.05, 0.1) is 24.9 Å². The lowest BCUT2D eigenvalue weighted by molar-refractivity contribution is -0.340. The molecule has 2 N–H and O–H groups in total. The van der Waals surface area contributed by atoms with Crippen LogP contribution in [0.3, 0.4) is 0 Å². The molecule has 2 saturated heterocycles. The van der Waals surface area contributed by atoms with E-state index >= 15 is 0 Å². The second-order valence-electron chi connectivity index (χ2n) is 13.4. The highest BCUT2D eigenvalue weighted by Gasteiger charge is 2.52. The minimum absolute atomic E-state index is 0.0684. The SMILES string of the molecule is CO[C@H]1C[C@@]2(O)/C(CO)=C/C=C/[C@H](C)C/C(C)=C/C[C@@H]3C[C@@H](C[C@]4(CC[C@@H](C)[C@@H](C(C)C)O4)O3)OC(=O)[C@@H]2C=C1C. The first-order chi connectivity index (χ1) is 19.4. The van der Waals surface area contributed by atoms with Crippen LogP contribution in [0.1, 0.15) is 86.5 Å². The van der Waals surface area contributed by atoms with Gasteiger partial charge in [-0.2, -0.15) is 0 Å². The van der Waals surface area contributed by atoms with Gasteiger partial charge < -0.3 is 29.2 Å². The van der Waals surface area contributed by atoms with Gasteiger partial charge in [0.1, 0.15) is 17.6 Å². The van der Waals surface area contributed by atoms with E-state index in [4.69, 9.17) is 18.9 Å². The number of fused-ring (bicyclic) bond motifs is 3. The van der Waals surface area contributed by atoms with Crippen LogP contribution in [-0.4, -0.2) is 65.7 Å². The van der Waals surface area contributed by atoms with Crippen molar-refractivity contribution in [2.24, 2.45) is 23.7 Å². The van der Waals surface area contributed by atoms with Gasteiger partial charge in [0.2, 0.25) is 0 Å². The molecule has 0 saturated carbocycles. The molecule has 3 aliphatic heterocycles. The Morgan fingerprint density at radius 3 is 2.59 bits per heavy atom. The molecule has 2 bridgehead atoms. The zero-order valence-corrected chi connectivity index (χ0v) is 26.1. The summed E-state index contributed by atoms with van der Waals surface area (Å²) in [5.41, 5.74) is 0.860. The third-order valence-corrected chi connectivity index (χ3v) is 9.60. The van der Waals surface area contributed by atoms with E-state index in [1.165, 1.54) is 5.57 Å². The molecule has 0 radical (unpaired) electrons. The van der Waals surface area contributed by atoms with Crippen molar-refractivity contribution in [3.05, 3.63) is 47.1 Å². The van der Waals surface area contributed by atoms with E-state index < -0.39 is 29.4 Å². The quantitative estimate of drug-likeness (QED) is 0.326. The number of hydrogen-bond donors (Lipinski definition) is 2. The Morgan fingerprint density at radius 2 is 1.90 bits per heavy atom.